The molecule has 0 bridgehead atoms. The molecule has 0 amide bonds. The zero-order valence-corrected chi connectivity index (χ0v) is 10.5. The maximum atomic E-state index is 5.93. The zero-order valence-electron chi connectivity index (χ0n) is 10.5. The Morgan fingerprint density at radius 3 is 2.62 bits per heavy atom. The Labute approximate surface area is 99.7 Å². The van der Waals surface area contributed by atoms with E-state index in [9.17, 15) is 0 Å². The van der Waals surface area contributed by atoms with Gasteiger partial charge in [-0.15, -0.1) is 0 Å². The number of nitrogens with one attached hydrogen (secondary N) is 1. The topological polar surface area (TPSA) is 38.0 Å². The Kier molecular flexibility index (Phi) is 4.42. The average molecular weight is 222 g/mol. The minimum Gasteiger partial charge on any atom is -0.328 e. The molecule has 2 heteroatoms. The van der Waals surface area contributed by atoms with Gasteiger partial charge in [-0.25, -0.2) is 0 Å². The number of hydrogen-bond donors (Lipinski definition) is 2. The van der Waals surface area contributed by atoms with Crippen molar-refractivity contribution in [3.63, 3.8) is 0 Å². The van der Waals surface area contributed by atoms with Crippen LogP contribution in [0.3, 0.4) is 0 Å². The van der Waals surface area contributed by atoms with Crippen LogP contribution in [0.1, 0.15) is 58.3 Å². The lowest BCUT2D eigenvalue weighted by atomic mass is 9.89. The maximum Gasteiger partial charge on any atom is 0.0253 e. The molecule has 2 aliphatic carbocycles. The molecule has 0 saturated heterocycles. The molecule has 1 saturated carbocycles. The highest BCUT2D eigenvalue weighted by Crippen LogP contribution is 2.23. The van der Waals surface area contributed by atoms with Gasteiger partial charge in [-0.05, 0) is 58.3 Å². The number of rotatable bonds is 3. The fourth-order valence-electron chi connectivity index (χ4n) is 3.00. The van der Waals surface area contributed by atoms with E-state index in [0.29, 0.717) is 18.1 Å². The molecule has 1 fully saturated rings. The fraction of sp³-hybridized carbons (Fsp3) is 0.857. The maximum absolute atomic E-state index is 5.93. The minimum atomic E-state index is 0.460. The highest BCUT2D eigenvalue weighted by molar-refractivity contribution is 5.12. The summed E-state index contributed by atoms with van der Waals surface area (Å²) in [4.78, 5) is 0. The SMILES string of the molecule is C[C@H](NC1CCC(N)CC1)C1=CCCCC1. The summed E-state index contributed by atoms with van der Waals surface area (Å²) in [7, 11) is 0. The van der Waals surface area contributed by atoms with Gasteiger partial charge in [0.2, 0.25) is 0 Å². The Morgan fingerprint density at radius 2 is 2.00 bits per heavy atom. The molecule has 1 atom stereocenters. The summed E-state index contributed by atoms with van der Waals surface area (Å²) in [6.45, 7) is 2.33. The Hall–Kier alpha value is -0.340. The molecule has 92 valence electrons. The van der Waals surface area contributed by atoms with Gasteiger partial charge >= 0.3 is 0 Å². The molecule has 2 rings (SSSR count). The molecule has 0 aliphatic heterocycles. The summed E-state index contributed by atoms with van der Waals surface area (Å²) in [5.41, 5.74) is 7.57. The van der Waals surface area contributed by atoms with Gasteiger partial charge in [-0.1, -0.05) is 11.6 Å². The Morgan fingerprint density at radius 1 is 1.25 bits per heavy atom. The predicted octanol–water partition coefficient (Wildman–Crippen LogP) is 2.73. The lowest BCUT2D eigenvalue weighted by Gasteiger charge is -2.31. The van der Waals surface area contributed by atoms with E-state index in [1.807, 2.05) is 0 Å². The second kappa shape index (κ2) is 5.83. The molecule has 0 aromatic carbocycles. The first-order chi connectivity index (χ1) is 7.75. The van der Waals surface area contributed by atoms with Gasteiger partial charge in [-0.3, -0.25) is 0 Å². The van der Waals surface area contributed by atoms with Crippen molar-refractivity contribution < 1.29 is 0 Å². The number of nitrogens with two attached hydrogens (primary N) is 1. The standard InChI is InChI=1S/C14H26N2/c1-11(12-5-3-2-4-6-12)16-14-9-7-13(15)8-10-14/h5,11,13-14,16H,2-4,6-10,15H2,1H3/t11-,13?,14?/m0/s1. The lowest BCUT2D eigenvalue weighted by Crippen LogP contribution is -2.42. The second-order valence-electron chi connectivity index (χ2n) is 5.52. The van der Waals surface area contributed by atoms with Crippen LogP contribution in [0, 0.1) is 0 Å². The van der Waals surface area contributed by atoms with E-state index < -0.39 is 0 Å². The van der Waals surface area contributed by atoms with Gasteiger partial charge < -0.3 is 11.1 Å². The van der Waals surface area contributed by atoms with Crippen LogP contribution in [0.4, 0.5) is 0 Å². The fourth-order valence-corrected chi connectivity index (χ4v) is 3.00. The van der Waals surface area contributed by atoms with Crippen LogP contribution in [0.2, 0.25) is 0 Å². The van der Waals surface area contributed by atoms with E-state index >= 15 is 0 Å². The quantitative estimate of drug-likeness (QED) is 0.721. The van der Waals surface area contributed by atoms with Crippen LogP contribution in [-0.4, -0.2) is 18.1 Å². The van der Waals surface area contributed by atoms with Gasteiger partial charge in [0.15, 0.2) is 0 Å². The van der Waals surface area contributed by atoms with Crippen LogP contribution >= 0.6 is 0 Å². The number of hydrogen-bond acceptors (Lipinski definition) is 2. The third-order valence-electron chi connectivity index (χ3n) is 4.14. The van der Waals surface area contributed by atoms with Crippen LogP contribution in [0.5, 0.6) is 0 Å². The van der Waals surface area contributed by atoms with Crippen molar-refractivity contribution >= 4 is 0 Å². The van der Waals surface area contributed by atoms with Crippen LogP contribution in [0.15, 0.2) is 11.6 Å². The van der Waals surface area contributed by atoms with Crippen molar-refractivity contribution in [1.29, 1.82) is 0 Å². The molecule has 16 heavy (non-hydrogen) atoms. The third kappa shape index (κ3) is 3.33. The van der Waals surface area contributed by atoms with Gasteiger partial charge in [0, 0.05) is 18.1 Å². The second-order valence-corrected chi connectivity index (χ2v) is 5.52. The summed E-state index contributed by atoms with van der Waals surface area (Å²) < 4.78 is 0. The highest BCUT2D eigenvalue weighted by Gasteiger charge is 2.21. The summed E-state index contributed by atoms with van der Waals surface area (Å²) in [6, 6.07) is 1.75. The van der Waals surface area contributed by atoms with Crippen molar-refractivity contribution in [2.24, 2.45) is 5.73 Å². The molecule has 0 aromatic rings. The molecule has 0 heterocycles. The summed E-state index contributed by atoms with van der Waals surface area (Å²) in [6.07, 6.45) is 12.7. The first-order valence-corrected chi connectivity index (χ1v) is 6.96. The summed E-state index contributed by atoms with van der Waals surface area (Å²) in [5, 5.41) is 3.79. The normalized spacial score (nSPS) is 33.2. The van der Waals surface area contributed by atoms with Crippen molar-refractivity contribution in [1.82, 2.24) is 5.32 Å². The van der Waals surface area contributed by atoms with E-state index in [1.54, 1.807) is 5.57 Å². The molecule has 0 unspecified atom stereocenters. The smallest absolute Gasteiger partial charge is 0.0253 e. The molecule has 0 aromatic heterocycles. The zero-order chi connectivity index (χ0) is 11.4. The van der Waals surface area contributed by atoms with Gasteiger partial charge in [0.05, 0.1) is 0 Å². The van der Waals surface area contributed by atoms with E-state index in [1.165, 1.54) is 51.4 Å². The summed E-state index contributed by atoms with van der Waals surface area (Å²) >= 11 is 0. The molecule has 2 nitrogen and oxygen atoms in total. The van der Waals surface area contributed by atoms with E-state index in [0.717, 1.165) is 0 Å². The van der Waals surface area contributed by atoms with Crippen LogP contribution in [0.25, 0.3) is 0 Å². The van der Waals surface area contributed by atoms with E-state index in [4.69, 9.17) is 5.73 Å². The molecule has 2 aliphatic rings. The summed E-state index contributed by atoms with van der Waals surface area (Å²) in [5.74, 6) is 0. The molecule has 3 N–H and O–H groups in total. The van der Waals surface area contributed by atoms with E-state index in [2.05, 4.69) is 18.3 Å². The van der Waals surface area contributed by atoms with E-state index in [-0.39, 0.29) is 0 Å². The largest absolute Gasteiger partial charge is 0.328 e. The van der Waals surface area contributed by atoms with Crippen LogP contribution < -0.4 is 11.1 Å². The molecule has 0 radical (unpaired) electrons. The van der Waals surface area contributed by atoms with Gasteiger partial charge in [0.1, 0.15) is 0 Å². The van der Waals surface area contributed by atoms with Gasteiger partial charge in [0.25, 0.3) is 0 Å². The average Bonchev–Trinajstić information content (AvgIpc) is 2.33. The lowest BCUT2D eigenvalue weighted by molar-refractivity contribution is 0.327. The monoisotopic (exact) mass is 222 g/mol. The molecule has 0 spiro atoms. The van der Waals surface area contributed by atoms with Crippen molar-refractivity contribution in [3.8, 4) is 0 Å². The predicted molar refractivity (Wildman–Crippen MR) is 69.4 cm³/mol. The molecular formula is C14H26N2. The molecular weight excluding hydrogens is 196 g/mol. The van der Waals surface area contributed by atoms with Crippen molar-refractivity contribution in [2.75, 3.05) is 0 Å². The minimum absolute atomic E-state index is 0.460. The van der Waals surface area contributed by atoms with Crippen molar-refractivity contribution in [2.45, 2.75) is 76.4 Å². The Balaban J connectivity index is 1.78. The van der Waals surface area contributed by atoms with Gasteiger partial charge in [-0.2, -0.15) is 0 Å². The Bertz CT molecular complexity index is 239. The van der Waals surface area contributed by atoms with Crippen molar-refractivity contribution in [3.05, 3.63) is 11.6 Å². The number of allylic oxidation sites excluding steroid dienone is 1. The third-order valence-corrected chi connectivity index (χ3v) is 4.14. The van der Waals surface area contributed by atoms with Crippen LogP contribution in [-0.2, 0) is 0 Å². The highest BCUT2D eigenvalue weighted by atomic mass is 14.9. The first-order valence-electron chi connectivity index (χ1n) is 6.96. The first kappa shape index (κ1) is 12.1.